The van der Waals surface area contributed by atoms with Gasteiger partial charge in [-0.3, -0.25) is 0 Å². The predicted octanol–water partition coefficient (Wildman–Crippen LogP) is 3.36. The Balaban J connectivity index is 2.11. The Bertz CT molecular complexity index is 172. The Morgan fingerprint density at radius 3 is 2.56 bits per heavy atom. The highest BCUT2D eigenvalue weighted by atomic mass is 16.5. The van der Waals surface area contributed by atoms with Crippen LogP contribution < -0.4 is 5.32 Å². The highest BCUT2D eigenvalue weighted by Crippen LogP contribution is 2.25. The molecule has 0 amide bonds. The summed E-state index contributed by atoms with van der Waals surface area (Å²) in [6, 6.07) is 0.673. The van der Waals surface area contributed by atoms with Crippen molar-refractivity contribution in [2.75, 3.05) is 13.7 Å². The van der Waals surface area contributed by atoms with Gasteiger partial charge >= 0.3 is 0 Å². The third-order valence-corrected chi connectivity index (χ3v) is 3.79. The van der Waals surface area contributed by atoms with Crippen LogP contribution in [0.25, 0.3) is 0 Å². The third kappa shape index (κ3) is 4.84. The molecule has 96 valence electrons. The first kappa shape index (κ1) is 14.0. The van der Waals surface area contributed by atoms with Crippen LogP contribution in [0.5, 0.6) is 0 Å². The van der Waals surface area contributed by atoms with E-state index in [-0.39, 0.29) is 0 Å². The van der Waals surface area contributed by atoms with Crippen LogP contribution in [0, 0.1) is 5.92 Å². The van der Waals surface area contributed by atoms with E-state index in [1.165, 1.54) is 44.9 Å². The first-order chi connectivity index (χ1) is 7.77. The van der Waals surface area contributed by atoms with Gasteiger partial charge in [0, 0.05) is 12.0 Å². The molecule has 0 aromatic rings. The van der Waals surface area contributed by atoms with Crippen molar-refractivity contribution in [3.8, 4) is 0 Å². The van der Waals surface area contributed by atoms with Crippen molar-refractivity contribution in [2.45, 2.75) is 70.9 Å². The minimum absolute atomic E-state index is 0.473. The molecule has 0 spiro atoms. The van der Waals surface area contributed by atoms with Crippen molar-refractivity contribution in [2.24, 2.45) is 5.92 Å². The first-order valence-electron chi connectivity index (χ1n) is 7.06. The molecule has 1 aliphatic rings. The molecule has 1 rings (SSSR count). The van der Waals surface area contributed by atoms with Crippen LogP contribution >= 0.6 is 0 Å². The molecule has 1 heterocycles. The predicted molar refractivity (Wildman–Crippen MR) is 69.7 cm³/mol. The average Bonchev–Trinajstić information content (AvgIpc) is 2.70. The van der Waals surface area contributed by atoms with E-state index in [1.807, 2.05) is 0 Å². The normalized spacial score (nSPS) is 27.2. The van der Waals surface area contributed by atoms with Crippen LogP contribution in [-0.4, -0.2) is 25.8 Å². The van der Waals surface area contributed by atoms with Crippen LogP contribution in [0.15, 0.2) is 0 Å². The largest absolute Gasteiger partial charge is 0.378 e. The van der Waals surface area contributed by atoms with E-state index in [9.17, 15) is 0 Å². The molecule has 0 radical (unpaired) electrons. The molecule has 0 bridgehead atoms. The summed E-state index contributed by atoms with van der Waals surface area (Å²) in [4.78, 5) is 0. The van der Waals surface area contributed by atoms with Gasteiger partial charge in [0.15, 0.2) is 0 Å². The first-order valence-corrected chi connectivity index (χ1v) is 7.06. The quantitative estimate of drug-likeness (QED) is 0.642. The van der Waals surface area contributed by atoms with Gasteiger partial charge in [-0.05, 0) is 26.8 Å². The van der Waals surface area contributed by atoms with Crippen LogP contribution in [0.2, 0.25) is 0 Å². The monoisotopic (exact) mass is 227 g/mol. The van der Waals surface area contributed by atoms with Crippen LogP contribution in [0.1, 0.15) is 58.8 Å². The summed E-state index contributed by atoms with van der Waals surface area (Å²) in [5.74, 6) is 0.742. The van der Waals surface area contributed by atoms with E-state index >= 15 is 0 Å². The SMILES string of the molecule is CCCCCCCC(NC)C1COC(C)C1. The highest BCUT2D eigenvalue weighted by Gasteiger charge is 2.28. The van der Waals surface area contributed by atoms with E-state index in [4.69, 9.17) is 4.74 Å². The molecule has 16 heavy (non-hydrogen) atoms. The summed E-state index contributed by atoms with van der Waals surface area (Å²) in [6.45, 7) is 5.42. The molecule has 2 heteroatoms. The van der Waals surface area contributed by atoms with E-state index in [2.05, 4.69) is 26.2 Å². The number of nitrogens with one attached hydrogen (secondary N) is 1. The Morgan fingerprint density at radius 2 is 2.00 bits per heavy atom. The van der Waals surface area contributed by atoms with Crippen LogP contribution in [-0.2, 0) is 4.74 Å². The number of hydrogen-bond donors (Lipinski definition) is 1. The van der Waals surface area contributed by atoms with Crippen molar-refractivity contribution in [1.29, 1.82) is 0 Å². The third-order valence-electron chi connectivity index (χ3n) is 3.79. The van der Waals surface area contributed by atoms with E-state index in [0.717, 1.165) is 12.5 Å². The summed E-state index contributed by atoms with van der Waals surface area (Å²) in [6.07, 6.45) is 9.94. The lowest BCUT2D eigenvalue weighted by molar-refractivity contribution is 0.116. The second-order valence-electron chi connectivity index (χ2n) is 5.24. The Kier molecular flexibility index (Phi) is 7.06. The van der Waals surface area contributed by atoms with Gasteiger partial charge in [-0.15, -0.1) is 0 Å². The molecule has 0 aromatic carbocycles. The lowest BCUT2D eigenvalue weighted by Crippen LogP contribution is -2.33. The minimum atomic E-state index is 0.473. The molecule has 1 fully saturated rings. The lowest BCUT2D eigenvalue weighted by atomic mass is 9.92. The van der Waals surface area contributed by atoms with E-state index in [0.29, 0.717) is 12.1 Å². The average molecular weight is 227 g/mol. The van der Waals surface area contributed by atoms with Gasteiger partial charge in [0.25, 0.3) is 0 Å². The molecule has 3 unspecified atom stereocenters. The van der Waals surface area contributed by atoms with Gasteiger partial charge in [-0.25, -0.2) is 0 Å². The maximum Gasteiger partial charge on any atom is 0.0551 e. The summed E-state index contributed by atoms with van der Waals surface area (Å²) in [5.41, 5.74) is 0. The molecule has 3 atom stereocenters. The molecule has 0 aliphatic carbocycles. The van der Waals surface area contributed by atoms with Gasteiger partial charge in [0.2, 0.25) is 0 Å². The lowest BCUT2D eigenvalue weighted by Gasteiger charge is -2.21. The molecule has 1 saturated heterocycles. The number of unbranched alkanes of at least 4 members (excludes halogenated alkanes) is 4. The second kappa shape index (κ2) is 8.08. The summed E-state index contributed by atoms with van der Waals surface area (Å²) in [7, 11) is 2.10. The number of rotatable bonds is 8. The van der Waals surface area contributed by atoms with Gasteiger partial charge in [-0.1, -0.05) is 39.0 Å². The van der Waals surface area contributed by atoms with Gasteiger partial charge in [0.05, 0.1) is 12.7 Å². The summed E-state index contributed by atoms with van der Waals surface area (Å²) in [5, 5.41) is 3.48. The highest BCUT2D eigenvalue weighted by molar-refractivity contribution is 4.81. The van der Waals surface area contributed by atoms with Crippen molar-refractivity contribution >= 4 is 0 Å². The van der Waals surface area contributed by atoms with Gasteiger partial charge < -0.3 is 10.1 Å². The fraction of sp³-hybridized carbons (Fsp3) is 1.00. The molecule has 1 aliphatic heterocycles. The Labute approximate surface area is 101 Å². The zero-order valence-corrected chi connectivity index (χ0v) is 11.3. The summed E-state index contributed by atoms with van der Waals surface area (Å²) < 4.78 is 5.65. The zero-order chi connectivity index (χ0) is 11.8. The van der Waals surface area contributed by atoms with E-state index < -0.39 is 0 Å². The fourth-order valence-corrected chi connectivity index (χ4v) is 2.71. The maximum absolute atomic E-state index is 5.65. The molecule has 0 aromatic heterocycles. The fourth-order valence-electron chi connectivity index (χ4n) is 2.71. The summed E-state index contributed by atoms with van der Waals surface area (Å²) >= 11 is 0. The molecule has 1 N–H and O–H groups in total. The van der Waals surface area contributed by atoms with Crippen molar-refractivity contribution in [3.05, 3.63) is 0 Å². The molecular formula is C14H29NO. The number of hydrogen-bond acceptors (Lipinski definition) is 2. The maximum atomic E-state index is 5.65. The van der Waals surface area contributed by atoms with Crippen molar-refractivity contribution in [1.82, 2.24) is 5.32 Å². The van der Waals surface area contributed by atoms with Crippen LogP contribution in [0.4, 0.5) is 0 Å². The van der Waals surface area contributed by atoms with Crippen molar-refractivity contribution in [3.63, 3.8) is 0 Å². The smallest absolute Gasteiger partial charge is 0.0551 e. The topological polar surface area (TPSA) is 21.3 Å². The molecular weight excluding hydrogens is 198 g/mol. The van der Waals surface area contributed by atoms with E-state index in [1.54, 1.807) is 0 Å². The molecule has 0 saturated carbocycles. The Hall–Kier alpha value is -0.0800. The minimum Gasteiger partial charge on any atom is -0.378 e. The van der Waals surface area contributed by atoms with Crippen LogP contribution in [0.3, 0.4) is 0 Å². The Morgan fingerprint density at radius 1 is 1.25 bits per heavy atom. The van der Waals surface area contributed by atoms with Gasteiger partial charge in [0.1, 0.15) is 0 Å². The second-order valence-corrected chi connectivity index (χ2v) is 5.24. The van der Waals surface area contributed by atoms with Gasteiger partial charge in [-0.2, -0.15) is 0 Å². The van der Waals surface area contributed by atoms with Crippen molar-refractivity contribution < 1.29 is 4.74 Å². The molecule has 2 nitrogen and oxygen atoms in total. The zero-order valence-electron chi connectivity index (χ0n) is 11.3. The standard InChI is InChI=1S/C14H29NO/c1-4-5-6-7-8-9-14(15-3)13-10-12(2)16-11-13/h12-15H,4-11H2,1-3H3. The number of ether oxygens (including phenoxy) is 1.